The Bertz CT molecular complexity index is 601. The van der Waals surface area contributed by atoms with Crippen LogP contribution in [0.2, 0.25) is 5.02 Å². The van der Waals surface area contributed by atoms with E-state index in [2.05, 4.69) is 0 Å². The van der Waals surface area contributed by atoms with Crippen LogP contribution in [0.5, 0.6) is 0 Å². The van der Waals surface area contributed by atoms with Gasteiger partial charge < -0.3 is 4.74 Å². The number of carbonyl (C=O) groups excluding carboxylic acids is 1. The van der Waals surface area contributed by atoms with E-state index in [0.29, 0.717) is 6.07 Å². The number of hydrogen-bond donors (Lipinski definition) is 1. The van der Waals surface area contributed by atoms with Gasteiger partial charge in [-0.3, -0.25) is 0 Å². The zero-order valence-electron chi connectivity index (χ0n) is 10.3. The molecule has 5 nitrogen and oxygen atoms in total. The second-order valence-electron chi connectivity index (χ2n) is 4.30. The molecule has 0 fully saturated rings. The number of sulfonamides is 1. The highest BCUT2D eigenvalue weighted by Gasteiger charge is 2.21. The third-order valence-electron chi connectivity index (χ3n) is 2.10. The maximum Gasteiger partial charge on any atom is 0.341 e. The predicted octanol–water partition coefficient (Wildman–Crippen LogP) is 1.94. The molecule has 8 heteroatoms. The van der Waals surface area contributed by atoms with Gasteiger partial charge in [0, 0.05) is 0 Å². The molecule has 0 saturated carbocycles. The average molecular weight is 310 g/mol. The molecule has 106 valence electrons. The fourth-order valence-corrected chi connectivity index (χ4v) is 2.31. The summed E-state index contributed by atoms with van der Waals surface area (Å²) in [6.45, 7) is 3.70. The minimum atomic E-state index is -4.14. The van der Waals surface area contributed by atoms with E-state index in [1.807, 2.05) is 0 Å². The predicted molar refractivity (Wildman–Crippen MR) is 67.9 cm³/mol. The summed E-state index contributed by atoms with van der Waals surface area (Å²) in [6, 6.07) is 1.49. The van der Waals surface area contributed by atoms with E-state index >= 15 is 0 Å². The fraction of sp³-hybridized carbons (Fsp3) is 0.364. The first-order valence-electron chi connectivity index (χ1n) is 5.32. The van der Waals surface area contributed by atoms with Gasteiger partial charge in [0.1, 0.15) is 10.7 Å². The molecule has 1 aromatic rings. The fourth-order valence-electron chi connectivity index (χ4n) is 1.22. The number of benzene rings is 1. The summed E-state index contributed by atoms with van der Waals surface area (Å²) in [5.41, 5.74) is -0.519. The van der Waals surface area contributed by atoms with Crippen LogP contribution in [-0.4, -0.2) is 21.0 Å². The Labute approximate surface area is 115 Å². The first-order valence-corrected chi connectivity index (χ1v) is 7.24. The lowest BCUT2D eigenvalue weighted by Crippen LogP contribution is -2.16. The van der Waals surface area contributed by atoms with Crippen LogP contribution in [0.3, 0.4) is 0 Å². The highest BCUT2D eigenvalue weighted by molar-refractivity contribution is 7.89. The standard InChI is InChI=1S/C11H13ClFNO4S/c1-6(2)5-18-11(15)7-3-10(19(14,16)17)8(12)4-9(7)13/h3-4,6H,5H2,1-2H3,(H2,14,16,17). The Kier molecular flexibility index (Phi) is 4.89. The number of esters is 1. The van der Waals surface area contributed by atoms with Crippen LogP contribution in [0, 0.1) is 11.7 Å². The van der Waals surface area contributed by atoms with Crippen LogP contribution in [0.15, 0.2) is 17.0 Å². The summed E-state index contributed by atoms with van der Waals surface area (Å²) in [7, 11) is -4.14. The number of hydrogen-bond acceptors (Lipinski definition) is 4. The minimum Gasteiger partial charge on any atom is -0.462 e. The molecule has 2 N–H and O–H groups in total. The molecule has 0 amide bonds. The van der Waals surface area contributed by atoms with Crippen LogP contribution in [-0.2, 0) is 14.8 Å². The highest BCUT2D eigenvalue weighted by Crippen LogP contribution is 2.24. The molecule has 0 atom stereocenters. The summed E-state index contributed by atoms with van der Waals surface area (Å²) >= 11 is 5.57. The average Bonchev–Trinajstić information content (AvgIpc) is 2.24. The van der Waals surface area contributed by atoms with Crippen LogP contribution in [0.4, 0.5) is 4.39 Å². The normalized spacial score (nSPS) is 11.7. The van der Waals surface area contributed by atoms with E-state index in [0.717, 1.165) is 6.07 Å². The first kappa shape index (κ1) is 15.9. The molecule has 0 unspecified atom stereocenters. The number of nitrogens with two attached hydrogens (primary N) is 1. The van der Waals surface area contributed by atoms with Gasteiger partial charge in [0.2, 0.25) is 10.0 Å². The molecule has 0 aromatic heterocycles. The van der Waals surface area contributed by atoms with Crippen molar-refractivity contribution in [3.05, 3.63) is 28.5 Å². The quantitative estimate of drug-likeness (QED) is 0.861. The van der Waals surface area contributed by atoms with Crippen LogP contribution < -0.4 is 5.14 Å². The van der Waals surface area contributed by atoms with E-state index in [9.17, 15) is 17.6 Å². The Morgan fingerprint density at radius 3 is 2.53 bits per heavy atom. The van der Waals surface area contributed by atoms with Gasteiger partial charge in [-0.05, 0) is 18.1 Å². The number of halogens is 2. The van der Waals surface area contributed by atoms with Gasteiger partial charge in [0.05, 0.1) is 17.2 Å². The van der Waals surface area contributed by atoms with Crippen molar-refractivity contribution < 1.29 is 22.3 Å². The summed E-state index contributed by atoms with van der Waals surface area (Å²) < 4.78 is 40.8. The molecule has 0 radical (unpaired) electrons. The molecule has 1 aromatic carbocycles. The van der Waals surface area contributed by atoms with Crippen molar-refractivity contribution in [3.8, 4) is 0 Å². The van der Waals surface area contributed by atoms with Crippen molar-refractivity contribution in [1.29, 1.82) is 0 Å². The molecule has 19 heavy (non-hydrogen) atoms. The molecule has 0 aliphatic rings. The molecule has 0 aliphatic carbocycles. The van der Waals surface area contributed by atoms with Crippen LogP contribution in [0.25, 0.3) is 0 Å². The van der Waals surface area contributed by atoms with Crippen molar-refractivity contribution in [1.82, 2.24) is 0 Å². The third kappa shape index (κ3) is 4.15. The zero-order valence-corrected chi connectivity index (χ0v) is 11.9. The lowest BCUT2D eigenvalue weighted by molar-refractivity contribution is 0.0453. The van der Waals surface area contributed by atoms with Gasteiger partial charge in [0.15, 0.2) is 0 Å². The molecular formula is C11H13ClFNO4S. The van der Waals surface area contributed by atoms with Crippen LogP contribution >= 0.6 is 11.6 Å². The Morgan fingerprint density at radius 1 is 1.47 bits per heavy atom. The van der Waals surface area contributed by atoms with Gasteiger partial charge in [-0.15, -0.1) is 0 Å². The minimum absolute atomic E-state index is 0.0667. The van der Waals surface area contributed by atoms with E-state index in [1.165, 1.54) is 0 Å². The largest absolute Gasteiger partial charge is 0.462 e. The van der Waals surface area contributed by atoms with Crippen molar-refractivity contribution >= 4 is 27.6 Å². The topological polar surface area (TPSA) is 86.5 Å². The molecule has 0 aliphatic heterocycles. The number of ether oxygens (including phenoxy) is 1. The van der Waals surface area contributed by atoms with Gasteiger partial charge >= 0.3 is 5.97 Å². The molecule has 0 saturated heterocycles. The second-order valence-corrected chi connectivity index (χ2v) is 6.24. The second kappa shape index (κ2) is 5.85. The van der Waals surface area contributed by atoms with E-state index in [-0.39, 0.29) is 17.5 Å². The summed E-state index contributed by atoms with van der Waals surface area (Å²) in [4.78, 5) is 11.1. The number of primary sulfonamides is 1. The van der Waals surface area contributed by atoms with E-state index in [1.54, 1.807) is 13.8 Å². The zero-order chi connectivity index (χ0) is 14.8. The summed E-state index contributed by atoms with van der Waals surface area (Å²) in [5.74, 6) is -1.86. The Balaban J connectivity index is 3.19. The third-order valence-corrected chi connectivity index (χ3v) is 3.47. The summed E-state index contributed by atoms with van der Waals surface area (Å²) in [6.07, 6.45) is 0. The van der Waals surface area contributed by atoms with Gasteiger partial charge in [0.25, 0.3) is 0 Å². The molecule has 1 rings (SSSR count). The van der Waals surface area contributed by atoms with Crippen LogP contribution in [0.1, 0.15) is 24.2 Å². The van der Waals surface area contributed by atoms with Crippen molar-refractivity contribution in [2.75, 3.05) is 6.61 Å². The highest BCUT2D eigenvalue weighted by atomic mass is 35.5. The van der Waals surface area contributed by atoms with Gasteiger partial charge in [-0.25, -0.2) is 22.7 Å². The first-order chi connectivity index (χ1) is 8.62. The monoisotopic (exact) mass is 309 g/mol. The lowest BCUT2D eigenvalue weighted by Gasteiger charge is -2.09. The molecule has 0 heterocycles. The van der Waals surface area contributed by atoms with E-state index in [4.69, 9.17) is 21.5 Å². The van der Waals surface area contributed by atoms with Crippen molar-refractivity contribution in [2.24, 2.45) is 11.1 Å². The van der Waals surface area contributed by atoms with Gasteiger partial charge in [-0.1, -0.05) is 25.4 Å². The Hall–Kier alpha value is -1.18. The molecule has 0 bridgehead atoms. The molecule has 0 spiro atoms. The number of carbonyl (C=O) groups is 1. The van der Waals surface area contributed by atoms with Crippen molar-refractivity contribution in [3.63, 3.8) is 0 Å². The maximum atomic E-state index is 13.6. The Morgan fingerprint density at radius 2 is 2.05 bits per heavy atom. The lowest BCUT2D eigenvalue weighted by atomic mass is 10.2. The number of rotatable bonds is 4. The SMILES string of the molecule is CC(C)COC(=O)c1cc(S(N)(=O)=O)c(Cl)cc1F. The van der Waals surface area contributed by atoms with E-state index < -0.39 is 32.3 Å². The van der Waals surface area contributed by atoms with Gasteiger partial charge in [-0.2, -0.15) is 0 Å². The summed E-state index contributed by atoms with van der Waals surface area (Å²) in [5, 5.41) is 4.52. The maximum absolute atomic E-state index is 13.6. The van der Waals surface area contributed by atoms with Crippen molar-refractivity contribution in [2.45, 2.75) is 18.7 Å². The smallest absolute Gasteiger partial charge is 0.341 e. The molecular weight excluding hydrogens is 297 g/mol.